The van der Waals surface area contributed by atoms with E-state index in [1.807, 2.05) is 24.3 Å². The Bertz CT molecular complexity index is 393. The number of hydrogen-bond acceptors (Lipinski definition) is 3. The van der Waals surface area contributed by atoms with Crippen LogP contribution in [0.25, 0.3) is 0 Å². The van der Waals surface area contributed by atoms with Gasteiger partial charge < -0.3 is 14.6 Å². The van der Waals surface area contributed by atoms with Gasteiger partial charge in [-0.1, -0.05) is 25.1 Å². The Morgan fingerprint density at radius 2 is 2.05 bits per heavy atom. The first kappa shape index (κ1) is 14.4. The number of benzene rings is 1. The van der Waals surface area contributed by atoms with Gasteiger partial charge in [0.15, 0.2) is 0 Å². The highest BCUT2D eigenvalue weighted by Crippen LogP contribution is 2.43. The molecule has 1 fully saturated rings. The molecular weight excluding hydrogens is 240 g/mol. The molecule has 0 saturated heterocycles. The van der Waals surface area contributed by atoms with Crippen LogP contribution in [-0.4, -0.2) is 24.4 Å². The van der Waals surface area contributed by atoms with Gasteiger partial charge in [0.2, 0.25) is 0 Å². The van der Waals surface area contributed by atoms with Crippen LogP contribution in [0.3, 0.4) is 0 Å². The van der Waals surface area contributed by atoms with E-state index in [2.05, 4.69) is 6.92 Å². The van der Waals surface area contributed by atoms with Gasteiger partial charge in [-0.2, -0.15) is 0 Å². The minimum atomic E-state index is -0.520. The highest BCUT2D eigenvalue weighted by atomic mass is 16.5. The molecular formula is C16H24O3. The minimum absolute atomic E-state index is 0.128. The molecule has 1 aliphatic carbocycles. The number of ether oxygens (including phenoxy) is 2. The van der Waals surface area contributed by atoms with Gasteiger partial charge in [-0.25, -0.2) is 0 Å². The zero-order chi connectivity index (χ0) is 13.7. The van der Waals surface area contributed by atoms with Crippen LogP contribution in [0.15, 0.2) is 24.3 Å². The minimum Gasteiger partial charge on any atom is -0.493 e. The molecule has 2 rings (SSSR count). The Morgan fingerprint density at radius 3 is 2.63 bits per heavy atom. The van der Waals surface area contributed by atoms with Crippen LogP contribution in [-0.2, 0) is 4.74 Å². The van der Waals surface area contributed by atoms with Gasteiger partial charge in [-0.3, -0.25) is 0 Å². The zero-order valence-electron chi connectivity index (χ0n) is 11.9. The largest absolute Gasteiger partial charge is 0.493 e. The van der Waals surface area contributed by atoms with Crippen molar-refractivity contribution in [2.45, 2.75) is 50.7 Å². The summed E-state index contributed by atoms with van der Waals surface area (Å²) in [5, 5.41) is 10.5. The molecule has 1 aliphatic rings. The van der Waals surface area contributed by atoms with Crippen molar-refractivity contribution in [3.05, 3.63) is 29.8 Å². The molecule has 1 saturated carbocycles. The molecule has 0 aromatic heterocycles. The summed E-state index contributed by atoms with van der Waals surface area (Å²) < 4.78 is 11.3. The van der Waals surface area contributed by atoms with Gasteiger partial charge in [-0.05, 0) is 31.7 Å². The van der Waals surface area contributed by atoms with Gasteiger partial charge in [0, 0.05) is 19.1 Å². The van der Waals surface area contributed by atoms with Gasteiger partial charge in [-0.15, -0.1) is 0 Å². The number of hydrogen-bond donors (Lipinski definition) is 1. The van der Waals surface area contributed by atoms with Crippen LogP contribution in [0.1, 0.15) is 50.7 Å². The van der Waals surface area contributed by atoms with Crippen LogP contribution < -0.4 is 4.74 Å². The summed E-state index contributed by atoms with van der Waals surface area (Å²) in [6.45, 7) is 2.76. The van der Waals surface area contributed by atoms with Crippen molar-refractivity contribution >= 4 is 0 Å². The average molecular weight is 264 g/mol. The Labute approximate surface area is 115 Å². The van der Waals surface area contributed by atoms with Crippen molar-refractivity contribution < 1.29 is 14.6 Å². The van der Waals surface area contributed by atoms with Crippen molar-refractivity contribution in [3.63, 3.8) is 0 Å². The van der Waals surface area contributed by atoms with Crippen molar-refractivity contribution in [1.82, 2.24) is 0 Å². The van der Waals surface area contributed by atoms with Crippen LogP contribution in [0, 0.1) is 0 Å². The molecule has 0 radical (unpaired) electrons. The van der Waals surface area contributed by atoms with Crippen LogP contribution >= 0.6 is 0 Å². The van der Waals surface area contributed by atoms with E-state index in [1.54, 1.807) is 7.11 Å². The van der Waals surface area contributed by atoms with E-state index < -0.39 is 6.10 Å². The summed E-state index contributed by atoms with van der Waals surface area (Å²) in [7, 11) is 1.74. The summed E-state index contributed by atoms with van der Waals surface area (Å²) in [4.78, 5) is 0. The second kappa shape index (κ2) is 6.40. The first-order chi connectivity index (χ1) is 9.21. The molecule has 1 atom stereocenters. The molecule has 0 spiro atoms. The molecule has 1 unspecified atom stereocenters. The third-order valence-electron chi connectivity index (χ3n) is 4.00. The average Bonchev–Trinajstić information content (AvgIpc) is 2.40. The van der Waals surface area contributed by atoms with Crippen molar-refractivity contribution in [3.8, 4) is 5.75 Å². The molecule has 0 bridgehead atoms. The lowest BCUT2D eigenvalue weighted by Gasteiger charge is -2.42. The summed E-state index contributed by atoms with van der Waals surface area (Å²) >= 11 is 0. The Kier molecular flexibility index (Phi) is 4.83. The Hall–Kier alpha value is -1.06. The van der Waals surface area contributed by atoms with Gasteiger partial charge >= 0.3 is 0 Å². The predicted octanol–water partition coefficient (Wildman–Crippen LogP) is 3.47. The molecule has 3 heteroatoms. The maximum atomic E-state index is 10.5. The van der Waals surface area contributed by atoms with E-state index in [-0.39, 0.29) is 5.60 Å². The van der Waals surface area contributed by atoms with E-state index in [0.717, 1.165) is 30.6 Å². The molecule has 1 N–H and O–H groups in total. The topological polar surface area (TPSA) is 38.7 Å². The summed E-state index contributed by atoms with van der Waals surface area (Å²) in [6.07, 6.45) is 4.36. The maximum absolute atomic E-state index is 10.5. The first-order valence-electron chi connectivity index (χ1n) is 7.16. The molecule has 19 heavy (non-hydrogen) atoms. The first-order valence-corrected chi connectivity index (χ1v) is 7.16. The Balaban J connectivity index is 2.07. The molecule has 3 nitrogen and oxygen atoms in total. The lowest BCUT2D eigenvalue weighted by molar-refractivity contribution is -0.100. The fourth-order valence-electron chi connectivity index (χ4n) is 2.62. The van der Waals surface area contributed by atoms with Crippen LogP contribution in [0.2, 0.25) is 0 Å². The lowest BCUT2D eigenvalue weighted by atomic mass is 9.75. The van der Waals surface area contributed by atoms with Gasteiger partial charge in [0.1, 0.15) is 5.75 Å². The van der Waals surface area contributed by atoms with E-state index in [1.165, 1.54) is 6.42 Å². The molecule has 0 heterocycles. The molecule has 1 aromatic carbocycles. The third-order valence-corrected chi connectivity index (χ3v) is 4.00. The number of aliphatic hydroxyl groups is 1. The fraction of sp³-hybridized carbons (Fsp3) is 0.625. The zero-order valence-corrected chi connectivity index (χ0v) is 11.9. The maximum Gasteiger partial charge on any atom is 0.125 e. The van der Waals surface area contributed by atoms with Crippen molar-refractivity contribution in [2.75, 3.05) is 13.7 Å². The monoisotopic (exact) mass is 264 g/mol. The standard InChI is InChI=1S/C16H24O3/c1-3-11-19-15-8-5-4-7-13(15)14(17)12-16(18-2)9-6-10-16/h4-5,7-8,14,17H,3,6,9-12H2,1-2H3. The smallest absolute Gasteiger partial charge is 0.125 e. The van der Waals surface area contributed by atoms with Gasteiger partial charge in [0.25, 0.3) is 0 Å². The van der Waals surface area contributed by atoms with Crippen molar-refractivity contribution in [2.24, 2.45) is 0 Å². The highest BCUT2D eigenvalue weighted by Gasteiger charge is 2.39. The molecule has 1 aromatic rings. The van der Waals surface area contributed by atoms with E-state index >= 15 is 0 Å². The second-order valence-corrected chi connectivity index (χ2v) is 5.35. The van der Waals surface area contributed by atoms with E-state index in [4.69, 9.17) is 9.47 Å². The fourth-order valence-corrected chi connectivity index (χ4v) is 2.62. The quantitative estimate of drug-likeness (QED) is 0.819. The predicted molar refractivity (Wildman–Crippen MR) is 75.4 cm³/mol. The van der Waals surface area contributed by atoms with E-state index in [9.17, 15) is 5.11 Å². The van der Waals surface area contributed by atoms with Gasteiger partial charge in [0.05, 0.1) is 18.3 Å². The second-order valence-electron chi connectivity index (χ2n) is 5.35. The molecule has 0 aliphatic heterocycles. The number of methoxy groups -OCH3 is 1. The van der Waals surface area contributed by atoms with Crippen molar-refractivity contribution in [1.29, 1.82) is 0 Å². The van der Waals surface area contributed by atoms with Crippen LogP contribution in [0.5, 0.6) is 5.75 Å². The number of rotatable bonds is 7. The number of aliphatic hydroxyl groups excluding tert-OH is 1. The van der Waals surface area contributed by atoms with Crippen LogP contribution in [0.4, 0.5) is 0 Å². The Morgan fingerprint density at radius 1 is 1.32 bits per heavy atom. The lowest BCUT2D eigenvalue weighted by Crippen LogP contribution is -2.40. The molecule has 0 amide bonds. The summed E-state index contributed by atoms with van der Waals surface area (Å²) in [5.41, 5.74) is 0.747. The number of para-hydroxylation sites is 1. The summed E-state index contributed by atoms with van der Waals surface area (Å²) in [6, 6.07) is 7.75. The van der Waals surface area contributed by atoms with E-state index in [0.29, 0.717) is 13.0 Å². The summed E-state index contributed by atoms with van der Waals surface area (Å²) in [5.74, 6) is 0.794. The highest BCUT2D eigenvalue weighted by molar-refractivity contribution is 5.35. The normalized spacial score (nSPS) is 18.7. The SMILES string of the molecule is CCCOc1ccccc1C(O)CC1(OC)CCC1. The molecule has 106 valence electrons. The third kappa shape index (κ3) is 3.28.